The standard InChI is InChI=1S/C71H114O5/c1-3-5-7-9-11-13-15-17-19-21-23-25-27-29-30-31-32-33-34-35-36-37-38-39-40-42-44-46-48-50-52-54-56-58-60-62-64-66-71(74)76-69(67-72)68-75-70(73)65-63-61-59-57-55-53-51-49-47-45-43-41-28-26-24-22-20-18-16-14-12-10-8-6-4-2/h5,7,11,13,16-19,22-25,28-30,32-33,35-36,38-39,41-42,44,48,50,69,72H,3-4,6,8-10,12,14-15,20-21,26-27,31,34,37,40,43,45-47,49,51-68H2,1-2H3/b7-5-,13-11-,18-16-,19-17-,24-22-,25-23-,30-29-,33-32-,36-35-,39-38-,41-28-,44-42-,50-48-. The maximum Gasteiger partial charge on any atom is 0.306 e. The van der Waals surface area contributed by atoms with Crippen molar-refractivity contribution in [2.45, 2.75) is 264 Å². The van der Waals surface area contributed by atoms with Gasteiger partial charge in [-0.15, -0.1) is 0 Å². The summed E-state index contributed by atoms with van der Waals surface area (Å²) in [7, 11) is 0. The first-order valence-corrected chi connectivity index (χ1v) is 31.0. The molecule has 0 bridgehead atoms. The van der Waals surface area contributed by atoms with E-state index in [1.54, 1.807) is 0 Å². The van der Waals surface area contributed by atoms with Gasteiger partial charge in [0.2, 0.25) is 0 Å². The zero-order valence-electron chi connectivity index (χ0n) is 49.0. The predicted octanol–water partition coefficient (Wildman–Crippen LogP) is 21.5. The van der Waals surface area contributed by atoms with Crippen LogP contribution in [0.5, 0.6) is 0 Å². The summed E-state index contributed by atoms with van der Waals surface area (Å²) in [6.45, 7) is 4.00. The molecule has 1 atom stereocenters. The molecule has 428 valence electrons. The number of ether oxygens (including phenoxy) is 2. The fourth-order valence-electron chi connectivity index (χ4n) is 8.18. The van der Waals surface area contributed by atoms with Crippen LogP contribution in [-0.2, 0) is 19.1 Å². The summed E-state index contributed by atoms with van der Waals surface area (Å²) < 4.78 is 10.7. The van der Waals surface area contributed by atoms with E-state index < -0.39 is 6.10 Å². The number of carbonyl (C=O) groups is 2. The average molecular weight is 1050 g/mol. The van der Waals surface area contributed by atoms with Crippen molar-refractivity contribution in [1.29, 1.82) is 0 Å². The van der Waals surface area contributed by atoms with Crippen LogP contribution in [0.15, 0.2) is 158 Å². The van der Waals surface area contributed by atoms with Crippen LogP contribution in [0.2, 0.25) is 0 Å². The Morgan fingerprint density at radius 3 is 0.855 bits per heavy atom. The van der Waals surface area contributed by atoms with Crippen molar-refractivity contribution in [1.82, 2.24) is 0 Å². The first kappa shape index (κ1) is 71.5. The molecule has 1 N–H and O–H groups in total. The van der Waals surface area contributed by atoms with Gasteiger partial charge in [-0.1, -0.05) is 275 Å². The molecule has 0 saturated carbocycles. The summed E-state index contributed by atoms with van der Waals surface area (Å²) in [5, 5.41) is 9.67. The lowest BCUT2D eigenvalue weighted by atomic mass is 10.1. The second kappa shape index (κ2) is 64.8. The second-order valence-corrected chi connectivity index (χ2v) is 20.0. The Morgan fingerprint density at radius 2 is 0.566 bits per heavy atom. The highest BCUT2D eigenvalue weighted by Gasteiger charge is 2.16. The fraction of sp³-hybridized carbons (Fsp3) is 0.606. The van der Waals surface area contributed by atoms with Gasteiger partial charge in [0.25, 0.3) is 0 Å². The minimum atomic E-state index is -0.795. The molecule has 0 radical (unpaired) electrons. The Labute approximate surface area is 469 Å². The Bertz CT molecular complexity index is 1660. The molecule has 0 aliphatic rings. The van der Waals surface area contributed by atoms with Gasteiger partial charge in [0.1, 0.15) is 6.61 Å². The van der Waals surface area contributed by atoms with E-state index in [9.17, 15) is 14.7 Å². The molecule has 0 spiro atoms. The van der Waals surface area contributed by atoms with Gasteiger partial charge in [0.15, 0.2) is 6.10 Å². The summed E-state index contributed by atoms with van der Waals surface area (Å²) in [4.78, 5) is 24.6. The van der Waals surface area contributed by atoms with Gasteiger partial charge in [-0.25, -0.2) is 0 Å². The van der Waals surface area contributed by atoms with Gasteiger partial charge in [0, 0.05) is 12.8 Å². The zero-order chi connectivity index (χ0) is 54.8. The van der Waals surface area contributed by atoms with Crippen molar-refractivity contribution >= 4 is 11.9 Å². The van der Waals surface area contributed by atoms with E-state index in [4.69, 9.17) is 9.47 Å². The molecule has 5 heteroatoms. The van der Waals surface area contributed by atoms with E-state index >= 15 is 0 Å². The Balaban J connectivity index is 3.62. The molecule has 0 aliphatic carbocycles. The van der Waals surface area contributed by atoms with Gasteiger partial charge in [-0.2, -0.15) is 0 Å². The number of hydrogen-bond donors (Lipinski definition) is 1. The van der Waals surface area contributed by atoms with Crippen LogP contribution < -0.4 is 0 Å². The number of hydrogen-bond acceptors (Lipinski definition) is 5. The number of esters is 2. The summed E-state index contributed by atoms with van der Waals surface area (Å²) in [6, 6.07) is 0. The maximum atomic E-state index is 12.3. The van der Waals surface area contributed by atoms with Crippen molar-refractivity contribution in [3.8, 4) is 0 Å². The molecule has 0 heterocycles. The fourth-order valence-corrected chi connectivity index (χ4v) is 8.18. The van der Waals surface area contributed by atoms with Gasteiger partial charge in [-0.3, -0.25) is 9.59 Å². The smallest absolute Gasteiger partial charge is 0.306 e. The van der Waals surface area contributed by atoms with Gasteiger partial charge in [0.05, 0.1) is 6.61 Å². The monoisotopic (exact) mass is 1050 g/mol. The lowest BCUT2D eigenvalue weighted by Crippen LogP contribution is -2.28. The normalized spacial score (nSPS) is 13.4. The molecule has 5 nitrogen and oxygen atoms in total. The summed E-state index contributed by atoms with van der Waals surface area (Å²) >= 11 is 0. The number of aliphatic hydroxyl groups excluding tert-OH is 1. The summed E-state index contributed by atoms with van der Waals surface area (Å²) in [5.74, 6) is -0.619. The number of allylic oxidation sites excluding steroid dienone is 26. The topological polar surface area (TPSA) is 72.8 Å². The quantitative estimate of drug-likeness (QED) is 0.0373. The molecule has 0 saturated heterocycles. The lowest BCUT2D eigenvalue weighted by molar-refractivity contribution is -0.161. The Morgan fingerprint density at radius 1 is 0.316 bits per heavy atom. The predicted molar refractivity (Wildman–Crippen MR) is 334 cm³/mol. The van der Waals surface area contributed by atoms with Crippen molar-refractivity contribution in [2.24, 2.45) is 0 Å². The number of rotatable bonds is 55. The van der Waals surface area contributed by atoms with E-state index in [1.807, 2.05) is 0 Å². The first-order chi connectivity index (χ1) is 37.6. The molecule has 0 aromatic rings. The van der Waals surface area contributed by atoms with E-state index in [0.29, 0.717) is 12.8 Å². The molecular weight excluding hydrogens is 933 g/mol. The van der Waals surface area contributed by atoms with Gasteiger partial charge >= 0.3 is 11.9 Å². The third-order valence-corrected chi connectivity index (χ3v) is 12.8. The van der Waals surface area contributed by atoms with Crippen molar-refractivity contribution in [3.63, 3.8) is 0 Å². The van der Waals surface area contributed by atoms with Gasteiger partial charge in [-0.05, 0) is 128 Å². The van der Waals surface area contributed by atoms with Crippen molar-refractivity contribution in [3.05, 3.63) is 158 Å². The van der Waals surface area contributed by atoms with Crippen LogP contribution in [0.3, 0.4) is 0 Å². The first-order valence-electron chi connectivity index (χ1n) is 31.0. The SMILES string of the molecule is CC/C=C\C/C=C\C/C=C\C/C=C\C/C=C\C/C=C\C/C=C\C/C=C\C/C=C\C/C=C\CCCCCCCCC(=O)OC(CO)COC(=O)CCCCCCCCCCCC/C=C\C/C=C\C/C=C\CCCCCCC. The number of aliphatic hydroxyl groups is 1. The lowest BCUT2D eigenvalue weighted by Gasteiger charge is -2.15. The minimum absolute atomic E-state index is 0.0834. The highest BCUT2D eigenvalue weighted by atomic mass is 16.6. The molecule has 76 heavy (non-hydrogen) atoms. The molecule has 0 amide bonds. The van der Waals surface area contributed by atoms with Crippen LogP contribution in [0, 0.1) is 0 Å². The highest BCUT2D eigenvalue weighted by molar-refractivity contribution is 5.70. The van der Waals surface area contributed by atoms with Crippen LogP contribution in [0.25, 0.3) is 0 Å². The van der Waals surface area contributed by atoms with E-state index in [0.717, 1.165) is 128 Å². The molecular formula is C71H114O5. The molecule has 0 rings (SSSR count). The van der Waals surface area contributed by atoms with Crippen molar-refractivity contribution < 1.29 is 24.2 Å². The number of carbonyl (C=O) groups excluding carboxylic acids is 2. The average Bonchev–Trinajstić information content (AvgIpc) is 3.42. The van der Waals surface area contributed by atoms with Crippen molar-refractivity contribution in [2.75, 3.05) is 13.2 Å². The van der Waals surface area contributed by atoms with E-state index in [1.165, 1.54) is 103 Å². The molecule has 0 aromatic carbocycles. The third kappa shape index (κ3) is 62.1. The second-order valence-electron chi connectivity index (χ2n) is 20.0. The van der Waals surface area contributed by atoms with E-state index in [-0.39, 0.29) is 25.2 Å². The zero-order valence-corrected chi connectivity index (χ0v) is 49.0. The summed E-state index contributed by atoms with van der Waals surface area (Å²) in [5.41, 5.74) is 0. The largest absolute Gasteiger partial charge is 0.462 e. The Hall–Kier alpha value is -4.48. The Kier molecular flexibility index (Phi) is 61.0. The van der Waals surface area contributed by atoms with Crippen LogP contribution in [0.1, 0.15) is 258 Å². The molecule has 1 unspecified atom stereocenters. The van der Waals surface area contributed by atoms with Crippen LogP contribution in [-0.4, -0.2) is 36.4 Å². The van der Waals surface area contributed by atoms with Gasteiger partial charge < -0.3 is 14.6 Å². The minimum Gasteiger partial charge on any atom is -0.462 e. The molecule has 0 aromatic heterocycles. The summed E-state index contributed by atoms with van der Waals surface area (Å²) in [6.07, 6.45) is 99.3. The molecule has 0 fully saturated rings. The highest BCUT2D eigenvalue weighted by Crippen LogP contribution is 2.14. The third-order valence-electron chi connectivity index (χ3n) is 12.8. The maximum absolute atomic E-state index is 12.3. The number of unbranched alkanes of at least 4 members (excludes halogenated alkanes) is 21. The van der Waals surface area contributed by atoms with Crippen LogP contribution in [0.4, 0.5) is 0 Å². The van der Waals surface area contributed by atoms with Crippen LogP contribution >= 0.6 is 0 Å². The molecule has 0 aliphatic heterocycles. The van der Waals surface area contributed by atoms with E-state index in [2.05, 4.69) is 172 Å².